The van der Waals surface area contributed by atoms with E-state index in [1.54, 1.807) is 30.3 Å². The number of hydrogen-bond acceptors (Lipinski definition) is 3. The van der Waals surface area contributed by atoms with Crippen LogP contribution in [0.5, 0.6) is 5.75 Å². The number of ether oxygens (including phenoxy) is 2. The molecule has 1 fully saturated rings. The standard InChI is InChI=1S/C16H14O2.C4H8O/c1-2-12-18-15-10-8-14(9-11-15)16(17)13-6-4-3-5-7-13;1-2-4-5-3-1/h2-11H,1,12H2;1-4H2. The SMILES string of the molecule is C1CCOC1.C=CCOc1ccc(C(=O)c2ccccc2)cc1. The molecule has 0 aromatic heterocycles. The molecule has 1 aliphatic rings. The van der Waals surface area contributed by atoms with Crippen LogP contribution in [-0.4, -0.2) is 25.6 Å². The molecule has 0 N–H and O–H groups in total. The molecule has 120 valence electrons. The largest absolute Gasteiger partial charge is 0.490 e. The molecule has 0 bridgehead atoms. The molecule has 1 aliphatic heterocycles. The van der Waals surface area contributed by atoms with Gasteiger partial charge in [-0.15, -0.1) is 0 Å². The van der Waals surface area contributed by atoms with Gasteiger partial charge >= 0.3 is 0 Å². The van der Waals surface area contributed by atoms with Crippen LogP contribution in [-0.2, 0) is 4.74 Å². The Morgan fingerprint density at radius 1 is 1.00 bits per heavy atom. The van der Waals surface area contributed by atoms with Crippen molar-refractivity contribution in [3.63, 3.8) is 0 Å². The van der Waals surface area contributed by atoms with Crippen molar-refractivity contribution in [2.24, 2.45) is 0 Å². The third kappa shape index (κ3) is 5.72. The minimum Gasteiger partial charge on any atom is -0.490 e. The summed E-state index contributed by atoms with van der Waals surface area (Å²) in [5.41, 5.74) is 1.35. The molecule has 1 saturated heterocycles. The van der Waals surface area contributed by atoms with Crippen molar-refractivity contribution in [2.45, 2.75) is 12.8 Å². The molecule has 1 heterocycles. The van der Waals surface area contributed by atoms with Crippen LogP contribution < -0.4 is 4.74 Å². The molecule has 3 nitrogen and oxygen atoms in total. The average Bonchev–Trinajstić information content (AvgIpc) is 3.20. The number of carbonyl (C=O) groups is 1. The summed E-state index contributed by atoms with van der Waals surface area (Å²) >= 11 is 0. The van der Waals surface area contributed by atoms with Gasteiger partial charge in [-0.05, 0) is 37.1 Å². The van der Waals surface area contributed by atoms with Crippen LogP contribution in [0.2, 0.25) is 0 Å². The zero-order valence-corrected chi connectivity index (χ0v) is 13.2. The second-order valence-corrected chi connectivity index (χ2v) is 5.14. The second kappa shape index (κ2) is 9.59. The van der Waals surface area contributed by atoms with Crippen molar-refractivity contribution in [3.8, 4) is 5.75 Å². The lowest BCUT2D eigenvalue weighted by Crippen LogP contribution is -2.01. The molecule has 3 heteroatoms. The first-order valence-electron chi connectivity index (χ1n) is 7.82. The van der Waals surface area contributed by atoms with E-state index in [9.17, 15) is 4.79 Å². The first-order valence-corrected chi connectivity index (χ1v) is 7.82. The molecule has 0 aliphatic carbocycles. The van der Waals surface area contributed by atoms with Gasteiger partial charge in [0.05, 0.1) is 0 Å². The predicted molar refractivity (Wildman–Crippen MR) is 92.1 cm³/mol. The van der Waals surface area contributed by atoms with Crippen LogP contribution >= 0.6 is 0 Å². The Kier molecular flexibility index (Phi) is 7.08. The predicted octanol–water partition coefficient (Wildman–Crippen LogP) is 4.28. The van der Waals surface area contributed by atoms with E-state index < -0.39 is 0 Å². The normalized spacial score (nSPS) is 12.9. The maximum absolute atomic E-state index is 12.1. The highest BCUT2D eigenvalue weighted by Gasteiger charge is 2.07. The monoisotopic (exact) mass is 310 g/mol. The van der Waals surface area contributed by atoms with Gasteiger partial charge in [0.15, 0.2) is 5.78 Å². The first kappa shape index (κ1) is 17.0. The Balaban J connectivity index is 0.000000326. The van der Waals surface area contributed by atoms with Crippen molar-refractivity contribution in [1.29, 1.82) is 0 Å². The van der Waals surface area contributed by atoms with Crippen LogP contribution in [0.3, 0.4) is 0 Å². The van der Waals surface area contributed by atoms with Crippen molar-refractivity contribution in [1.82, 2.24) is 0 Å². The van der Waals surface area contributed by atoms with E-state index >= 15 is 0 Å². The van der Waals surface area contributed by atoms with Crippen molar-refractivity contribution < 1.29 is 14.3 Å². The van der Waals surface area contributed by atoms with Crippen LogP contribution in [0.1, 0.15) is 28.8 Å². The van der Waals surface area contributed by atoms with Crippen LogP contribution in [0, 0.1) is 0 Å². The van der Waals surface area contributed by atoms with Crippen molar-refractivity contribution in [2.75, 3.05) is 19.8 Å². The van der Waals surface area contributed by atoms with Crippen molar-refractivity contribution in [3.05, 3.63) is 78.4 Å². The summed E-state index contributed by atoms with van der Waals surface area (Å²) in [5, 5.41) is 0. The van der Waals surface area contributed by atoms with Crippen LogP contribution in [0.25, 0.3) is 0 Å². The summed E-state index contributed by atoms with van der Waals surface area (Å²) in [6, 6.07) is 16.3. The van der Waals surface area contributed by atoms with E-state index in [2.05, 4.69) is 6.58 Å². The molecule has 23 heavy (non-hydrogen) atoms. The van der Waals surface area contributed by atoms with Crippen LogP contribution in [0.4, 0.5) is 0 Å². The maximum Gasteiger partial charge on any atom is 0.193 e. The molecule has 0 amide bonds. The lowest BCUT2D eigenvalue weighted by atomic mass is 10.0. The van der Waals surface area contributed by atoms with E-state index in [0.29, 0.717) is 17.7 Å². The third-order valence-corrected chi connectivity index (χ3v) is 3.35. The van der Waals surface area contributed by atoms with Gasteiger partial charge in [0.25, 0.3) is 0 Å². The molecule has 0 atom stereocenters. The van der Waals surface area contributed by atoms with Gasteiger partial charge < -0.3 is 9.47 Å². The molecule has 2 aromatic carbocycles. The van der Waals surface area contributed by atoms with E-state index in [1.807, 2.05) is 30.3 Å². The Morgan fingerprint density at radius 3 is 2.13 bits per heavy atom. The fourth-order valence-corrected chi connectivity index (χ4v) is 2.12. The Bertz CT molecular complexity index is 591. The lowest BCUT2D eigenvalue weighted by Gasteiger charge is -2.04. The van der Waals surface area contributed by atoms with Gasteiger partial charge in [-0.2, -0.15) is 0 Å². The fraction of sp³-hybridized carbons (Fsp3) is 0.250. The number of hydrogen-bond donors (Lipinski definition) is 0. The number of benzene rings is 2. The average molecular weight is 310 g/mol. The molecular weight excluding hydrogens is 288 g/mol. The first-order chi connectivity index (χ1) is 11.3. The summed E-state index contributed by atoms with van der Waals surface area (Å²) in [5.74, 6) is 0.755. The highest BCUT2D eigenvalue weighted by molar-refractivity contribution is 6.08. The van der Waals surface area contributed by atoms with E-state index in [1.165, 1.54) is 12.8 Å². The van der Waals surface area contributed by atoms with Gasteiger partial charge in [0.1, 0.15) is 12.4 Å². The summed E-state index contributed by atoms with van der Waals surface area (Å²) in [4.78, 5) is 12.1. The minimum atomic E-state index is 0.0193. The van der Waals surface area contributed by atoms with Gasteiger partial charge in [-0.1, -0.05) is 43.0 Å². The molecule has 3 rings (SSSR count). The van der Waals surface area contributed by atoms with E-state index in [-0.39, 0.29) is 5.78 Å². The molecule has 2 aromatic rings. The van der Waals surface area contributed by atoms with Crippen LogP contribution in [0.15, 0.2) is 67.3 Å². The lowest BCUT2D eigenvalue weighted by molar-refractivity contribution is 0.103. The fourth-order valence-electron chi connectivity index (χ4n) is 2.12. The summed E-state index contributed by atoms with van der Waals surface area (Å²) < 4.78 is 10.3. The van der Waals surface area contributed by atoms with E-state index in [4.69, 9.17) is 9.47 Å². The number of ketones is 1. The third-order valence-electron chi connectivity index (χ3n) is 3.35. The smallest absolute Gasteiger partial charge is 0.193 e. The molecule has 0 unspecified atom stereocenters. The second-order valence-electron chi connectivity index (χ2n) is 5.14. The summed E-state index contributed by atoms with van der Waals surface area (Å²) in [7, 11) is 0. The highest BCUT2D eigenvalue weighted by atomic mass is 16.5. The van der Waals surface area contributed by atoms with Gasteiger partial charge in [-0.3, -0.25) is 4.79 Å². The Labute approximate surface area is 137 Å². The summed E-state index contributed by atoms with van der Waals surface area (Å²) in [6.07, 6.45) is 4.24. The molecular formula is C20H22O3. The number of rotatable bonds is 5. The molecule has 0 radical (unpaired) electrons. The van der Waals surface area contributed by atoms with Crippen molar-refractivity contribution >= 4 is 5.78 Å². The zero-order chi connectivity index (χ0) is 16.3. The van der Waals surface area contributed by atoms with Gasteiger partial charge in [0, 0.05) is 24.3 Å². The quantitative estimate of drug-likeness (QED) is 0.611. The molecule has 0 saturated carbocycles. The van der Waals surface area contributed by atoms with Gasteiger partial charge in [0.2, 0.25) is 0 Å². The number of carbonyl (C=O) groups excluding carboxylic acids is 1. The Hall–Kier alpha value is -2.39. The Morgan fingerprint density at radius 2 is 1.61 bits per heavy atom. The minimum absolute atomic E-state index is 0.0193. The summed E-state index contributed by atoms with van der Waals surface area (Å²) in [6.45, 7) is 6.05. The molecule has 0 spiro atoms. The highest BCUT2D eigenvalue weighted by Crippen LogP contribution is 2.15. The zero-order valence-electron chi connectivity index (χ0n) is 13.2. The topological polar surface area (TPSA) is 35.5 Å². The van der Waals surface area contributed by atoms with E-state index in [0.717, 1.165) is 19.0 Å². The van der Waals surface area contributed by atoms with Gasteiger partial charge in [-0.25, -0.2) is 0 Å². The maximum atomic E-state index is 12.1.